The van der Waals surface area contributed by atoms with Gasteiger partial charge in [0.2, 0.25) is 0 Å². The maximum absolute atomic E-state index is 10.5. The van der Waals surface area contributed by atoms with Crippen molar-refractivity contribution >= 4 is 0 Å². The van der Waals surface area contributed by atoms with Crippen LogP contribution in [0.25, 0.3) is 0 Å². The fourth-order valence-electron chi connectivity index (χ4n) is 6.70. The number of aliphatic hydroxyl groups is 3. The highest BCUT2D eigenvalue weighted by Crippen LogP contribution is 2.59. The van der Waals surface area contributed by atoms with Gasteiger partial charge in [0.15, 0.2) is 0 Å². The third-order valence-electron chi connectivity index (χ3n) is 9.09. The highest BCUT2D eigenvalue weighted by Gasteiger charge is 2.50. The summed E-state index contributed by atoms with van der Waals surface area (Å²) in [6.07, 6.45) is 20.3. The Labute approximate surface area is 201 Å². The number of hydrogen-bond acceptors (Lipinski definition) is 3. The van der Waals surface area contributed by atoms with Crippen LogP contribution in [0.4, 0.5) is 0 Å². The first-order valence-electron chi connectivity index (χ1n) is 13.2. The van der Waals surface area contributed by atoms with Gasteiger partial charge in [0.25, 0.3) is 0 Å². The normalized spacial score (nSPS) is 36.9. The first-order valence-corrected chi connectivity index (χ1v) is 13.2. The molecule has 184 valence electrons. The zero-order valence-corrected chi connectivity index (χ0v) is 21.3. The molecule has 0 amide bonds. The van der Waals surface area contributed by atoms with Crippen LogP contribution in [0.15, 0.2) is 59.8 Å². The van der Waals surface area contributed by atoms with Gasteiger partial charge in [-0.1, -0.05) is 76.3 Å². The highest BCUT2D eigenvalue weighted by atomic mass is 16.3. The van der Waals surface area contributed by atoms with Crippen LogP contribution in [-0.4, -0.2) is 33.1 Å². The summed E-state index contributed by atoms with van der Waals surface area (Å²) >= 11 is 0. The molecule has 3 N–H and O–H groups in total. The van der Waals surface area contributed by atoms with Crippen LogP contribution < -0.4 is 0 Å². The zero-order valence-electron chi connectivity index (χ0n) is 21.3. The average molecular weight is 455 g/mol. The molecule has 0 radical (unpaired) electrons. The fourth-order valence-corrected chi connectivity index (χ4v) is 6.70. The van der Waals surface area contributed by atoms with Crippen molar-refractivity contribution in [3.63, 3.8) is 0 Å². The van der Waals surface area contributed by atoms with Crippen molar-refractivity contribution in [1.82, 2.24) is 0 Å². The van der Waals surface area contributed by atoms with E-state index in [1.807, 2.05) is 26.0 Å². The van der Waals surface area contributed by atoms with Crippen molar-refractivity contribution in [2.24, 2.45) is 23.2 Å². The predicted octanol–water partition coefficient (Wildman–Crippen LogP) is 6.43. The van der Waals surface area contributed by atoms with E-state index in [1.165, 1.54) is 31.3 Å². The molecule has 3 aliphatic carbocycles. The smallest absolute Gasteiger partial charge is 0.0825 e. The van der Waals surface area contributed by atoms with Crippen LogP contribution in [0, 0.1) is 23.2 Å². The topological polar surface area (TPSA) is 60.7 Å². The largest absolute Gasteiger partial charge is 0.393 e. The summed E-state index contributed by atoms with van der Waals surface area (Å²) in [6, 6.07) is 0. The Kier molecular flexibility index (Phi) is 8.64. The molecule has 0 unspecified atom stereocenters. The summed E-state index contributed by atoms with van der Waals surface area (Å²) in [7, 11) is 0. The van der Waals surface area contributed by atoms with Crippen molar-refractivity contribution in [2.45, 2.75) is 103 Å². The first-order chi connectivity index (χ1) is 15.6. The first kappa shape index (κ1) is 26.2. The van der Waals surface area contributed by atoms with Crippen molar-refractivity contribution in [1.29, 1.82) is 0 Å². The van der Waals surface area contributed by atoms with Gasteiger partial charge >= 0.3 is 0 Å². The van der Waals surface area contributed by atoms with Gasteiger partial charge in [0, 0.05) is 6.42 Å². The van der Waals surface area contributed by atoms with Gasteiger partial charge in [-0.05, 0) is 85.7 Å². The number of fused-ring (bicyclic) bond motifs is 1. The van der Waals surface area contributed by atoms with Gasteiger partial charge < -0.3 is 15.3 Å². The van der Waals surface area contributed by atoms with Crippen LogP contribution in [0.1, 0.15) is 85.5 Å². The molecule has 3 rings (SSSR count). The molecule has 0 aliphatic heterocycles. The monoisotopic (exact) mass is 454 g/mol. The Morgan fingerprint density at radius 2 is 1.88 bits per heavy atom. The quantitative estimate of drug-likeness (QED) is 0.389. The molecule has 3 saturated carbocycles. The molecule has 0 aromatic carbocycles. The maximum atomic E-state index is 10.5. The van der Waals surface area contributed by atoms with Crippen LogP contribution in [0.2, 0.25) is 0 Å². The molecule has 0 aromatic rings. The summed E-state index contributed by atoms with van der Waals surface area (Å²) in [5.74, 6) is 1.77. The Morgan fingerprint density at radius 1 is 1.15 bits per heavy atom. The van der Waals surface area contributed by atoms with Crippen LogP contribution >= 0.6 is 0 Å². The Morgan fingerprint density at radius 3 is 2.58 bits per heavy atom. The summed E-state index contributed by atoms with van der Waals surface area (Å²) in [4.78, 5) is 0. The van der Waals surface area contributed by atoms with Gasteiger partial charge in [0.05, 0.1) is 17.8 Å². The van der Waals surface area contributed by atoms with E-state index in [0.717, 1.165) is 30.4 Å². The lowest BCUT2D eigenvalue weighted by molar-refractivity contribution is 0.0827. The summed E-state index contributed by atoms with van der Waals surface area (Å²) < 4.78 is 0. The number of allylic oxidation sites excluding steroid dienone is 6. The van der Waals surface area contributed by atoms with E-state index in [-0.39, 0.29) is 0 Å². The molecule has 33 heavy (non-hydrogen) atoms. The molecule has 0 saturated heterocycles. The van der Waals surface area contributed by atoms with E-state index >= 15 is 0 Å². The number of hydrogen-bond donors (Lipinski definition) is 3. The van der Waals surface area contributed by atoms with E-state index in [4.69, 9.17) is 0 Å². The lowest BCUT2D eigenvalue weighted by Crippen LogP contribution is -2.35. The predicted molar refractivity (Wildman–Crippen MR) is 138 cm³/mol. The molecule has 3 heteroatoms. The lowest BCUT2D eigenvalue weighted by Gasteiger charge is -2.44. The minimum absolute atomic E-state index is 0.312. The summed E-state index contributed by atoms with van der Waals surface area (Å²) in [6.45, 7) is 13.0. The summed E-state index contributed by atoms with van der Waals surface area (Å²) in [5.41, 5.74) is 2.92. The van der Waals surface area contributed by atoms with Crippen molar-refractivity contribution < 1.29 is 15.3 Å². The fraction of sp³-hybridized carbons (Fsp3) is 0.667. The molecule has 3 aliphatic rings. The van der Waals surface area contributed by atoms with E-state index in [9.17, 15) is 15.3 Å². The highest BCUT2D eigenvalue weighted by molar-refractivity contribution is 5.38. The van der Waals surface area contributed by atoms with Crippen molar-refractivity contribution in [3.05, 3.63) is 59.8 Å². The molecule has 0 bridgehead atoms. The number of aliphatic hydroxyl groups excluding tert-OH is 2. The SMILES string of the molecule is C=C1/C(=C/C=C2/CCC[C@]3(C)[C@@H]([C@@H](C)/C=C/C=C/C(O)(CC)CC)CC[C@@H]23)C[C@@H](O)C[C@@H]1O. The minimum atomic E-state index is -0.689. The van der Waals surface area contributed by atoms with Crippen LogP contribution in [-0.2, 0) is 0 Å². The van der Waals surface area contributed by atoms with Crippen LogP contribution in [0.3, 0.4) is 0 Å². The van der Waals surface area contributed by atoms with E-state index < -0.39 is 17.8 Å². The molecular weight excluding hydrogens is 408 g/mol. The van der Waals surface area contributed by atoms with E-state index in [2.05, 4.69) is 44.7 Å². The molecule has 0 spiro atoms. The van der Waals surface area contributed by atoms with Crippen molar-refractivity contribution in [2.75, 3.05) is 0 Å². The second-order valence-corrected chi connectivity index (χ2v) is 11.1. The molecule has 0 heterocycles. The van der Waals surface area contributed by atoms with Crippen LogP contribution in [0.5, 0.6) is 0 Å². The van der Waals surface area contributed by atoms with Gasteiger partial charge in [-0.25, -0.2) is 0 Å². The van der Waals surface area contributed by atoms with Crippen molar-refractivity contribution in [3.8, 4) is 0 Å². The maximum Gasteiger partial charge on any atom is 0.0825 e. The second-order valence-electron chi connectivity index (χ2n) is 11.1. The molecular formula is C30H46O3. The molecule has 0 aromatic heterocycles. The standard InChI is InChI=1S/C30H46O3/c1-6-30(33,7-2)18-9-8-11-21(3)26-15-16-27-23(12-10-17-29(26,27)5)13-14-24-19-25(31)20-28(32)22(24)4/h8-9,11,13-14,18,21,25-28,31-33H,4,6-7,10,12,15-17,19-20H2,1-3,5H3/b11-8+,18-9+,23-13-,24-14+/t21-,25+,26+,27-,28-,29+/m0/s1. The Balaban J connectivity index is 1.72. The average Bonchev–Trinajstić information content (AvgIpc) is 3.15. The van der Waals surface area contributed by atoms with Gasteiger partial charge in [-0.15, -0.1) is 0 Å². The second kappa shape index (κ2) is 10.9. The van der Waals surface area contributed by atoms with E-state index in [1.54, 1.807) is 0 Å². The number of rotatable bonds is 7. The Hall–Kier alpha value is -1.42. The van der Waals surface area contributed by atoms with Gasteiger partial charge in [-0.2, -0.15) is 0 Å². The molecule has 3 fully saturated rings. The summed E-state index contributed by atoms with van der Waals surface area (Å²) in [5, 5.41) is 30.7. The molecule has 3 nitrogen and oxygen atoms in total. The third kappa shape index (κ3) is 5.81. The van der Waals surface area contributed by atoms with Gasteiger partial charge in [0.1, 0.15) is 0 Å². The minimum Gasteiger partial charge on any atom is -0.393 e. The van der Waals surface area contributed by atoms with Gasteiger partial charge in [-0.3, -0.25) is 0 Å². The Bertz CT molecular complexity index is 812. The third-order valence-corrected chi connectivity index (χ3v) is 9.09. The van der Waals surface area contributed by atoms with E-state index in [0.29, 0.717) is 36.0 Å². The lowest BCUT2D eigenvalue weighted by atomic mass is 9.61. The zero-order chi connectivity index (χ0) is 24.2. The molecule has 6 atom stereocenters.